The molecule has 3 rings (SSSR count). The van der Waals surface area contributed by atoms with Crippen LogP contribution in [0.25, 0.3) is 0 Å². The van der Waals surface area contributed by atoms with Gasteiger partial charge >= 0.3 is 0 Å². The molecule has 1 aromatic heterocycles. The van der Waals surface area contributed by atoms with E-state index >= 15 is 0 Å². The Morgan fingerprint density at radius 2 is 2.14 bits per heavy atom. The second-order valence-electron chi connectivity index (χ2n) is 6.24. The third kappa shape index (κ3) is 6.17. The van der Waals surface area contributed by atoms with Crippen LogP contribution < -0.4 is 15.5 Å². The maximum Gasteiger partial charge on any atom is 0.272 e. The molecule has 2 N–H and O–H groups in total. The first-order chi connectivity index (χ1) is 13.7. The fourth-order valence-corrected chi connectivity index (χ4v) is 2.61. The van der Waals surface area contributed by atoms with Crippen molar-refractivity contribution in [2.45, 2.75) is 18.9 Å². The molecule has 0 radical (unpaired) electrons. The third-order valence-electron chi connectivity index (χ3n) is 4.10. The van der Waals surface area contributed by atoms with Crippen LogP contribution in [0.5, 0.6) is 5.75 Å². The summed E-state index contributed by atoms with van der Waals surface area (Å²) >= 11 is 0. The van der Waals surface area contributed by atoms with E-state index in [0.717, 1.165) is 25.0 Å². The third-order valence-corrected chi connectivity index (χ3v) is 4.10. The molecule has 8 nitrogen and oxygen atoms in total. The van der Waals surface area contributed by atoms with E-state index in [9.17, 15) is 9.59 Å². The average molecular weight is 382 g/mol. The lowest BCUT2D eigenvalue weighted by Crippen LogP contribution is -2.35. The number of nitrogens with zero attached hydrogens (tertiary/aromatic N) is 2. The van der Waals surface area contributed by atoms with Crippen molar-refractivity contribution in [1.82, 2.24) is 15.7 Å². The minimum absolute atomic E-state index is 0.0542. The largest absolute Gasteiger partial charge is 0.484 e. The van der Waals surface area contributed by atoms with Gasteiger partial charge in [-0.2, -0.15) is 5.10 Å². The van der Waals surface area contributed by atoms with Crippen LogP contribution in [0.15, 0.2) is 53.9 Å². The van der Waals surface area contributed by atoms with Crippen LogP contribution in [0.2, 0.25) is 0 Å². The van der Waals surface area contributed by atoms with Gasteiger partial charge < -0.3 is 14.8 Å². The van der Waals surface area contributed by atoms with E-state index in [2.05, 4.69) is 20.8 Å². The van der Waals surface area contributed by atoms with Gasteiger partial charge in [0.15, 0.2) is 6.61 Å². The maximum atomic E-state index is 11.8. The van der Waals surface area contributed by atoms with Gasteiger partial charge in [-0.05, 0) is 54.8 Å². The van der Waals surface area contributed by atoms with Crippen LogP contribution in [-0.2, 0) is 9.53 Å². The highest BCUT2D eigenvalue weighted by molar-refractivity contribution is 5.94. The predicted molar refractivity (Wildman–Crippen MR) is 103 cm³/mol. The molecule has 0 saturated carbocycles. The number of hydrazone groups is 1. The van der Waals surface area contributed by atoms with Crippen molar-refractivity contribution < 1.29 is 19.1 Å². The van der Waals surface area contributed by atoms with Gasteiger partial charge in [0.1, 0.15) is 5.75 Å². The molecule has 2 amide bonds. The molecule has 146 valence electrons. The lowest BCUT2D eigenvalue weighted by Gasteiger charge is -2.11. The fourth-order valence-electron chi connectivity index (χ4n) is 2.61. The lowest BCUT2D eigenvalue weighted by molar-refractivity contribution is -0.123. The summed E-state index contributed by atoms with van der Waals surface area (Å²) in [6, 6.07) is 10.4. The summed E-state index contributed by atoms with van der Waals surface area (Å²) in [5, 5.41) is 6.72. The number of nitrogens with one attached hydrogen (secondary N) is 2. The molecule has 1 fully saturated rings. The Kier molecular flexibility index (Phi) is 7.08. The van der Waals surface area contributed by atoms with E-state index in [1.807, 2.05) is 0 Å². The number of carbonyl (C=O) groups is 2. The molecule has 0 spiro atoms. The van der Waals surface area contributed by atoms with Crippen molar-refractivity contribution >= 4 is 18.0 Å². The smallest absolute Gasteiger partial charge is 0.272 e. The molecule has 1 aliphatic heterocycles. The van der Waals surface area contributed by atoms with Crippen LogP contribution in [-0.4, -0.2) is 48.9 Å². The van der Waals surface area contributed by atoms with Crippen molar-refractivity contribution in [1.29, 1.82) is 0 Å². The van der Waals surface area contributed by atoms with Gasteiger partial charge in [0.2, 0.25) is 0 Å². The zero-order chi connectivity index (χ0) is 19.6. The summed E-state index contributed by atoms with van der Waals surface area (Å²) < 4.78 is 10.9. The number of carbonyl (C=O) groups excluding carboxylic acids is 2. The van der Waals surface area contributed by atoms with Gasteiger partial charge in [-0.15, -0.1) is 0 Å². The van der Waals surface area contributed by atoms with Crippen molar-refractivity contribution in [3.05, 3.63) is 59.9 Å². The fraction of sp³-hybridized carbons (Fsp3) is 0.300. The monoisotopic (exact) mass is 382 g/mol. The Bertz CT molecular complexity index is 803. The number of rotatable bonds is 8. The maximum absolute atomic E-state index is 11.8. The van der Waals surface area contributed by atoms with E-state index in [1.165, 1.54) is 12.4 Å². The van der Waals surface area contributed by atoms with E-state index in [1.54, 1.807) is 42.6 Å². The summed E-state index contributed by atoms with van der Waals surface area (Å²) in [7, 11) is 0. The Labute approximate surface area is 163 Å². The molecule has 0 unspecified atom stereocenters. The highest BCUT2D eigenvalue weighted by Crippen LogP contribution is 2.12. The molecule has 1 aromatic carbocycles. The highest BCUT2D eigenvalue weighted by Gasteiger charge is 2.16. The van der Waals surface area contributed by atoms with Gasteiger partial charge in [-0.25, -0.2) is 5.43 Å². The number of aromatic nitrogens is 1. The molecule has 8 heteroatoms. The summed E-state index contributed by atoms with van der Waals surface area (Å²) in [6.45, 7) is 1.23. The van der Waals surface area contributed by atoms with Gasteiger partial charge in [-0.1, -0.05) is 0 Å². The number of ether oxygens (including phenoxy) is 2. The number of benzene rings is 1. The van der Waals surface area contributed by atoms with E-state index in [0.29, 0.717) is 17.9 Å². The summed E-state index contributed by atoms with van der Waals surface area (Å²) in [5.74, 6) is 0.0568. The molecule has 2 aromatic rings. The molecular weight excluding hydrogens is 360 g/mol. The predicted octanol–water partition coefficient (Wildman–Crippen LogP) is 1.52. The minimum atomic E-state index is -0.335. The summed E-state index contributed by atoms with van der Waals surface area (Å²) in [5.41, 5.74) is 3.65. The second kappa shape index (κ2) is 10.2. The molecule has 0 aliphatic carbocycles. The Morgan fingerprint density at radius 1 is 1.29 bits per heavy atom. The lowest BCUT2D eigenvalue weighted by atomic mass is 10.2. The first-order valence-electron chi connectivity index (χ1n) is 9.05. The van der Waals surface area contributed by atoms with Crippen molar-refractivity contribution in [3.8, 4) is 5.75 Å². The summed E-state index contributed by atoms with van der Waals surface area (Å²) in [4.78, 5) is 27.5. The zero-order valence-corrected chi connectivity index (χ0v) is 15.3. The molecule has 1 aliphatic rings. The minimum Gasteiger partial charge on any atom is -0.484 e. The Morgan fingerprint density at radius 3 is 2.86 bits per heavy atom. The number of hydrogen-bond donors (Lipinski definition) is 2. The van der Waals surface area contributed by atoms with Gasteiger partial charge in [-0.3, -0.25) is 14.6 Å². The number of amides is 2. The normalized spacial score (nSPS) is 16.1. The van der Waals surface area contributed by atoms with Crippen molar-refractivity contribution in [3.63, 3.8) is 0 Å². The molecule has 28 heavy (non-hydrogen) atoms. The second-order valence-corrected chi connectivity index (χ2v) is 6.24. The van der Waals surface area contributed by atoms with Crippen LogP contribution in [0, 0.1) is 0 Å². The van der Waals surface area contributed by atoms with Crippen LogP contribution in [0.1, 0.15) is 28.8 Å². The van der Waals surface area contributed by atoms with Crippen LogP contribution >= 0.6 is 0 Å². The Balaban J connectivity index is 1.39. The first kappa shape index (κ1) is 19.5. The quantitative estimate of drug-likeness (QED) is 0.532. The van der Waals surface area contributed by atoms with Crippen LogP contribution in [0.3, 0.4) is 0 Å². The molecule has 2 heterocycles. The number of hydrogen-bond acceptors (Lipinski definition) is 6. The van der Waals surface area contributed by atoms with Crippen LogP contribution in [0.4, 0.5) is 0 Å². The van der Waals surface area contributed by atoms with Gasteiger partial charge in [0, 0.05) is 25.5 Å². The van der Waals surface area contributed by atoms with E-state index < -0.39 is 0 Å². The van der Waals surface area contributed by atoms with Gasteiger partial charge in [0.05, 0.1) is 17.9 Å². The molecular formula is C20H22N4O4. The highest BCUT2D eigenvalue weighted by atomic mass is 16.5. The standard InChI is InChI=1S/C20H22N4O4/c25-19(22-13-18-4-2-10-27-18)14-28-17-7-5-15(6-8-17)11-23-24-20(26)16-3-1-9-21-12-16/h1,3,5-9,11-12,18H,2,4,10,13-14H2,(H,22,25)(H,24,26)/b23-11-/t18-/m1/s1. The molecule has 0 bridgehead atoms. The van der Waals surface area contributed by atoms with E-state index in [4.69, 9.17) is 9.47 Å². The van der Waals surface area contributed by atoms with Crippen molar-refractivity contribution in [2.24, 2.45) is 5.10 Å². The molecule has 1 atom stereocenters. The van der Waals surface area contributed by atoms with E-state index in [-0.39, 0.29) is 24.5 Å². The van der Waals surface area contributed by atoms with Crippen molar-refractivity contribution in [2.75, 3.05) is 19.8 Å². The average Bonchev–Trinajstić information content (AvgIpc) is 3.26. The summed E-state index contributed by atoms with van der Waals surface area (Å²) in [6.07, 6.45) is 6.71. The SMILES string of the molecule is O=C(COc1ccc(/C=N\NC(=O)c2cccnc2)cc1)NC[C@H]1CCCO1. The zero-order valence-electron chi connectivity index (χ0n) is 15.3. The molecule has 1 saturated heterocycles. The topological polar surface area (TPSA) is 102 Å². The first-order valence-corrected chi connectivity index (χ1v) is 9.05. The van der Waals surface area contributed by atoms with Gasteiger partial charge in [0.25, 0.3) is 11.8 Å². The Hall–Kier alpha value is -3.26. The number of pyridine rings is 1.